The van der Waals surface area contributed by atoms with Gasteiger partial charge in [0.1, 0.15) is 24.6 Å². The van der Waals surface area contributed by atoms with Crippen LogP contribution in [-0.2, 0) is 21.5 Å². The van der Waals surface area contributed by atoms with Crippen molar-refractivity contribution in [2.24, 2.45) is 0 Å². The van der Waals surface area contributed by atoms with Crippen LogP contribution in [0.4, 0.5) is 11.6 Å². The Balaban J connectivity index is 1.62. The highest BCUT2D eigenvalue weighted by Gasteiger charge is 2.48. The van der Waals surface area contributed by atoms with Crippen molar-refractivity contribution in [1.29, 1.82) is 0 Å². The molecule has 138 valence electrons. The fraction of sp³-hybridized carbons (Fsp3) is 0.529. The van der Waals surface area contributed by atoms with Gasteiger partial charge in [0.05, 0.1) is 17.6 Å². The van der Waals surface area contributed by atoms with E-state index in [-0.39, 0.29) is 12.5 Å². The number of rotatable bonds is 3. The van der Waals surface area contributed by atoms with Crippen molar-refractivity contribution in [2.45, 2.75) is 24.8 Å². The van der Waals surface area contributed by atoms with Crippen molar-refractivity contribution >= 4 is 17.5 Å². The number of nitrogens with one attached hydrogen (secondary N) is 1. The Morgan fingerprint density at radius 1 is 1.31 bits per heavy atom. The first-order chi connectivity index (χ1) is 12.6. The number of anilines is 2. The van der Waals surface area contributed by atoms with Crippen LogP contribution in [0.25, 0.3) is 0 Å². The molecular formula is C17H23N7O2. The Bertz CT molecular complexity index is 798. The summed E-state index contributed by atoms with van der Waals surface area (Å²) in [5, 5.41) is 0. The summed E-state index contributed by atoms with van der Waals surface area (Å²) in [6, 6.07) is 1.78. The molecule has 4 heterocycles. The van der Waals surface area contributed by atoms with Crippen molar-refractivity contribution in [3.05, 3.63) is 30.1 Å². The monoisotopic (exact) mass is 357 g/mol. The number of nitrogens with zero attached hydrogens (tertiary/aromatic N) is 5. The molecular weight excluding hydrogens is 334 g/mol. The molecule has 4 rings (SSSR count). The molecule has 9 heteroatoms. The molecule has 0 aliphatic carbocycles. The zero-order valence-corrected chi connectivity index (χ0v) is 14.8. The van der Waals surface area contributed by atoms with Crippen LogP contribution in [0.2, 0.25) is 0 Å². The zero-order chi connectivity index (χ0) is 18.1. The molecule has 9 nitrogen and oxygen atoms in total. The molecule has 2 aromatic rings. The Morgan fingerprint density at radius 2 is 2.12 bits per heavy atom. The third-order valence-electron chi connectivity index (χ3n) is 5.42. The molecule has 26 heavy (non-hydrogen) atoms. The average molecular weight is 357 g/mol. The van der Waals surface area contributed by atoms with Gasteiger partial charge in [-0.15, -0.1) is 0 Å². The molecule has 0 atom stereocenters. The van der Waals surface area contributed by atoms with Crippen molar-refractivity contribution < 1.29 is 9.53 Å². The van der Waals surface area contributed by atoms with E-state index in [1.807, 2.05) is 4.90 Å². The molecule has 0 aromatic carbocycles. The molecule has 1 saturated heterocycles. The second kappa shape index (κ2) is 6.56. The van der Waals surface area contributed by atoms with Crippen molar-refractivity contribution in [1.82, 2.24) is 24.8 Å². The van der Waals surface area contributed by atoms with Crippen molar-refractivity contribution in [3.63, 3.8) is 0 Å². The van der Waals surface area contributed by atoms with Gasteiger partial charge in [-0.3, -0.25) is 4.79 Å². The van der Waals surface area contributed by atoms with E-state index >= 15 is 0 Å². The highest BCUT2D eigenvalue weighted by Crippen LogP contribution is 2.42. The van der Waals surface area contributed by atoms with E-state index in [1.165, 1.54) is 6.33 Å². The minimum atomic E-state index is -0.391. The number of methoxy groups -OCH3 is 1. The van der Waals surface area contributed by atoms with Gasteiger partial charge in [-0.05, 0) is 12.8 Å². The fourth-order valence-electron chi connectivity index (χ4n) is 4.19. The van der Waals surface area contributed by atoms with Gasteiger partial charge in [0.2, 0.25) is 5.91 Å². The van der Waals surface area contributed by atoms with Crippen LogP contribution in [0.15, 0.2) is 18.7 Å². The summed E-state index contributed by atoms with van der Waals surface area (Å²) < 4.78 is 5.10. The summed E-state index contributed by atoms with van der Waals surface area (Å²) >= 11 is 0. The number of ether oxygens (including phenoxy) is 1. The Morgan fingerprint density at radius 3 is 2.85 bits per heavy atom. The van der Waals surface area contributed by atoms with Gasteiger partial charge in [-0.1, -0.05) is 0 Å². The highest BCUT2D eigenvalue weighted by atomic mass is 16.5. The molecule has 0 radical (unpaired) electrons. The molecule has 2 aliphatic rings. The third-order valence-corrected chi connectivity index (χ3v) is 5.42. The zero-order valence-electron chi connectivity index (χ0n) is 14.8. The minimum absolute atomic E-state index is 0.0147. The van der Waals surface area contributed by atoms with Gasteiger partial charge in [0, 0.05) is 44.9 Å². The summed E-state index contributed by atoms with van der Waals surface area (Å²) in [4.78, 5) is 33.0. The second-order valence-electron chi connectivity index (χ2n) is 6.78. The molecule has 2 aliphatic heterocycles. The molecule has 1 fully saturated rings. The number of hydrogen-bond donors (Lipinski definition) is 2. The number of fused-ring (bicyclic) bond motifs is 2. The summed E-state index contributed by atoms with van der Waals surface area (Å²) in [5.74, 6) is 1.29. The van der Waals surface area contributed by atoms with Crippen molar-refractivity contribution in [3.8, 4) is 0 Å². The number of carbonyl (C=O) groups excluding carboxylic acids is 1. The average Bonchev–Trinajstić information content (AvgIpc) is 3.13. The number of imidazole rings is 1. The van der Waals surface area contributed by atoms with Gasteiger partial charge >= 0.3 is 0 Å². The van der Waals surface area contributed by atoms with E-state index in [9.17, 15) is 4.79 Å². The second-order valence-corrected chi connectivity index (χ2v) is 6.78. The van der Waals surface area contributed by atoms with E-state index < -0.39 is 5.54 Å². The van der Waals surface area contributed by atoms with Crippen LogP contribution >= 0.6 is 0 Å². The number of H-pyrrole nitrogens is 1. The lowest BCUT2D eigenvalue weighted by Gasteiger charge is -2.50. The maximum Gasteiger partial charge on any atom is 0.249 e. The Labute approximate surface area is 151 Å². The van der Waals surface area contributed by atoms with Gasteiger partial charge < -0.3 is 25.3 Å². The number of amides is 1. The number of aromatic nitrogens is 4. The number of piperidine rings is 1. The predicted molar refractivity (Wildman–Crippen MR) is 95.5 cm³/mol. The number of carbonyl (C=O) groups is 1. The molecule has 0 bridgehead atoms. The Hall–Kier alpha value is -2.68. The standard InChI is InChI=1S/C17H23N7O2/c1-26-9-15(25)24-5-2-12-16(22-10-19-12)17(24)3-6-23(7-4-17)14-8-13(18)20-11-21-14/h8,10-11H,2-7,9H2,1H3,(H,19,22)(H2,18,20,21). The molecule has 1 amide bonds. The quantitative estimate of drug-likeness (QED) is 0.812. The van der Waals surface area contributed by atoms with E-state index in [1.54, 1.807) is 19.5 Å². The predicted octanol–water partition coefficient (Wildman–Crippen LogP) is 0.309. The van der Waals surface area contributed by atoms with Crippen LogP contribution in [0.3, 0.4) is 0 Å². The lowest BCUT2D eigenvalue weighted by atomic mass is 9.78. The first kappa shape index (κ1) is 16.8. The topological polar surface area (TPSA) is 113 Å². The maximum absolute atomic E-state index is 12.7. The van der Waals surface area contributed by atoms with Crippen LogP contribution in [0.5, 0.6) is 0 Å². The SMILES string of the molecule is COCC(=O)N1CCc2[nH]cnc2C12CCN(c1cc(N)ncn1)CC2. The smallest absolute Gasteiger partial charge is 0.249 e. The lowest BCUT2D eigenvalue weighted by Crippen LogP contribution is -2.59. The number of hydrogen-bond acceptors (Lipinski definition) is 7. The molecule has 0 saturated carbocycles. The fourth-order valence-corrected chi connectivity index (χ4v) is 4.19. The van der Waals surface area contributed by atoms with Crippen LogP contribution < -0.4 is 10.6 Å². The lowest BCUT2D eigenvalue weighted by molar-refractivity contribution is -0.144. The van der Waals surface area contributed by atoms with E-state index in [2.05, 4.69) is 24.8 Å². The third kappa shape index (κ3) is 2.68. The van der Waals surface area contributed by atoms with E-state index in [0.717, 1.165) is 49.6 Å². The van der Waals surface area contributed by atoms with Gasteiger partial charge in [-0.25, -0.2) is 15.0 Å². The highest BCUT2D eigenvalue weighted by molar-refractivity contribution is 5.79. The molecule has 0 unspecified atom stereocenters. The van der Waals surface area contributed by atoms with Crippen LogP contribution in [0.1, 0.15) is 24.2 Å². The van der Waals surface area contributed by atoms with Crippen LogP contribution in [-0.4, -0.2) is 64.1 Å². The maximum atomic E-state index is 12.7. The van der Waals surface area contributed by atoms with Gasteiger partial charge in [0.15, 0.2) is 0 Å². The summed E-state index contributed by atoms with van der Waals surface area (Å²) in [7, 11) is 1.55. The summed E-state index contributed by atoms with van der Waals surface area (Å²) in [6.45, 7) is 2.30. The first-order valence-electron chi connectivity index (χ1n) is 8.78. The van der Waals surface area contributed by atoms with Crippen LogP contribution in [0, 0.1) is 0 Å². The van der Waals surface area contributed by atoms with E-state index in [0.29, 0.717) is 12.4 Å². The minimum Gasteiger partial charge on any atom is -0.384 e. The number of aromatic amines is 1. The van der Waals surface area contributed by atoms with Crippen molar-refractivity contribution in [2.75, 3.05) is 44.0 Å². The van der Waals surface area contributed by atoms with Gasteiger partial charge in [0.25, 0.3) is 0 Å². The molecule has 2 aromatic heterocycles. The number of nitrogens with two attached hydrogens (primary N) is 1. The molecule has 3 N–H and O–H groups in total. The summed E-state index contributed by atoms with van der Waals surface area (Å²) in [5.41, 5.74) is 7.52. The molecule has 1 spiro atoms. The van der Waals surface area contributed by atoms with E-state index in [4.69, 9.17) is 10.5 Å². The Kier molecular flexibility index (Phi) is 4.23. The number of nitrogen functional groups attached to an aromatic ring is 1. The summed E-state index contributed by atoms with van der Waals surface area (Å²) in [6.07, 6.45) is 5.57. The van der Waals surface area contributed by atoms with Gasteiger partial charge in [-0.2, -0.15) is 0 Å². The first-order valence-corrected chi connectivity index (χ1v) is 8.78. The normalized spacial score (nSPS) is 18.8. The largest absolute Gasteiger partial charge is 0.384 e.